The lowest BCUT2D eigenvalue weighted by molar-refractivity contribution is 0.0695. The van der Waals surface area contributed by atoms with Gasteiger partial charge in [-0.1, -0.05) is 36.4 Å². The van der Waals surface area contributed by atoms with Crippen molar-refractivity contribution >= 4 is 11.7 Å². The van der Waals surface area contributed by atoms with Crippen LogP contribution >= 0.6 is 0 Å². The van der Waals surface area contributed by atoms with E-state index in [4.69, 9.17) is 0 Å². The molecule has 1 heterocycles. The van der Waals surface area contributed by atoms with Crippen molar-refractivity contribution in [2.24, 2.45) is 0 Å². The molecule has 2 aromatic rings. The Morgan fingerprint density at radius 2 is 1.90 bits per heavy atom. The van der Waals surface area contributed by atoms with Gasteiger partial charge in [0.05, 0.1) is 5.56 Å². The highest BCUT2D eigenvalue weighted by molar-refractivity contribution is 5.89. The predicted octanol–water partition coefficient (Wildman–Crippen LogP) is 3.34. The van der Waals surface area contributed by atoms with Crippen molar-refractivity contribution in [1.29, 1.82) is 0 Å². The smallest absolute Gasteiger partial charge is 0.336 e. The van der Waals surface area contributed by atoms with E-state index in [1.165, 1.54) is 11.3 Å². The zero-order valence-corrected chi connectivity index (χ0v) is 11.4. The van der Waals surface area contributed by atoms with Gasteiger partial charge in [0.1, 0.15) is 0 Å². The Kier molecular flexibility index (Phi) is 3.18. The summed E-state index contributed by atoms with van der Waals surface area (Å²) in [5.41, 5.74) is 3.82. The topological polar surface area (TPSA) is 40.5 Å². The predicted molar refractivity (Wildman–Crippen MR) is 79.2 cm³/mol. The fourth-order valence-corrected chi connectivity index (χ4v) is 2.92. The second kappa shape index (κ2) is 5.00. The lowest BCUT2D eigenvalue weighted by Gasteiger charge is -2.25. The molecule has 0 fully saturated rings. The third-order valence-corrected chi connectivity index (χ3v) is 3.94. The average molecular weight is 267 g/mol. The van der Waals surface area contributed by atoms with Gasteiger partial charge in [0.15, 0.2) is 0 Å². The monoisotopic (exact) mass is 267 g/mol. The number of fused-ring (bicyclic) bond motifs is 1. The fraction of sp³-hybridized carbons (Fsp3) is 0.235. The summed E-state index contributed by atoms with van der Waals surface area (Å²) >= 11 is 0. The van der Waals surface area contributed by atoms with Gasteiger partial charge in [0, 0.05) is 18.3 Å². The Balaban J connectivity index is 1.94. The molecule has 2 aromatic carbocycles. The van der Waals surface area contributed by atoms with Crippen molar-refractivity contribution in [3.05, 3.63) is 65.2 Å². The van der Waals surface area contributed by atoms with Crippen molar-refractivity contribution < 1.29 is 9.90 Å². The summed E-state index contributed by atoms with van der Waals surface area (Å²) in [5.74, 6) is -0.860. The van der Waals surface area contributed by atoms with Crippen LogP contribution in [-0.4, -0.2) is 17.1 Å². The molecule has 1 unspecified atom stereocenters. The Morgan fingerprint density at radius 3 is 2.70 bits per heavy atom. The molecule has 20 heavy (non-hydrogen) atoms. The lowest BCUT2D eigenvalue weighted by Crippen LogP contribution is -2.29. The Labute approximate surface area is 118 Å². The van der Waals surface area contributed by atoms with E-state index >= 15 is 0 Å². The number of carboxylic acid groups (broad SMARTS) is 1. The van der Waals surface area contributed by atoms with E-state index in [-0.39, 0.29) is 0 Å². The van der Waals surface area contributed by atoms with Gasteiger partial charge in [-0.3, -0.25) is 0 Å². The Morgan fingerprint density at radius 1 is 1.20 bits per heavy atom. The zero-order valence-electron chi connectivity index (χ0n) is 11.4. The lowest BCUT2D eigenvalue weighted by atomic mass is 10.1. The van der Waals surface area contributed by atoms with Crippen LogP contribution in [0.5, 0.6) is 0 Å². The van der Waals surface area contributed by atoms with Crippen LogP contribution in [0.3, 0.4) is 0 Å². The molecule has 0 spiro atoms. The standard InChI is InChI=1S/C17H17NO2/c1-12-10-13-6-3-5-9-16(13)18(12)11-14-7-2-4-8-15(14)17(19)20/h2-9,12H,10-11H2,1H3,(H,19,20). The van der Waals surface area contributed by atoms with Crippen molar-refractivity contribution in [2.75, 3.05) is 4.90 Å². The van der Waals surface area contributed by atoms with Crippen molar-refractivity contribution in [2.45, 2.75) is 25.9 Å². The van der Waals surface area contributed by atoms with Crippen molar-refractivity contribution in [1.82, 2.24) is 0 Å². The molecule has 0 saturated heterocycles. The maximum absolute atomic E-state index is 11.3. The van der Waals surface area contributed by atoms with Gasteiger partial charge < -0.3 is 10.0 Å². The number of aromatic carboxylic acids is 1. The van der Waals surface area contributed by atoms with Gasteiger partial charge in [0.25, 0.3) is 0 Å². The van der Waals surface area contributed by atoms with E-state index in [9.17, 15) is 9.90 Å². The van der Waals surface area contributed by atoms with Crippen LogP contribution in [0, 0.1) is 0 Å². The molecule has 0 amide bonds. The second-order valence-corrected chi connectivity index (χ2v) is 5.27. The van der Waals surface area contributed by atoms with Gasteiger partial charge in [-0.2, -0.15) is 0 Å². The fourth-order valence-electron chi connectivity index (χ4n) is 2.92. The first-order valence-electron chi connectivity index (χ1n) is 6.82. The number of para-hydroxylation sites is 1. The number of anilines is 1. The van der Waals surface area contributed by atoms with Gasteiger partial charge >= 0.3 is 5.97 Å². The molecule has 3 rings (SSSR count). The molecule has 0 bridgehead atoms. The highest BCUT2D eigenvalue weighted by Gasteiger charge is 2.26. The normalized spacial score (nSPS) is 17.1. The summed E-state index contributed by atoms with van der Waals surface area (Å²) in [7, 11) is 0. The minimum Gasteiger partial charge on any atom is -0.478 e. The van der Waals surface area contributed by atoms with Crippen LogP contribution in [0.4, 0.5) is 5.69 Å². The first-order valence-corrected chi connectivity index (χ1v) is 6.82. The SMILES string of the molecule is CC1Cc2ccccc2N1Cc1ccccc1C(=O)O. The van der Waals surface area contributed by atoms with Crippen LogP contribution < -0.4 is 4.90 Å². The second-order valence-electron chi connectivity index (χ2n) is 5.27. The third-order valence-electron chi connectivity index (χ3n) is 3.94. The van der Waals surface area contributed by atoms with E-state index in [0.29, 0.717) is 18.2 Å². The molecular formula is C17H17NO2. The molecule has 1 N–H and O–H groups in total. The first-order chi connectivity index (χ1) is 9.66. The molecule has 1 atom stereocenters. The summed E-state index contributed by atoms with van der Waals surface area (Å²) in [6.45, 7) is 2.82. The van der Waals surface area contributed by atoms with E-state index < -0.39 is 5.97 Å². The van der Waals surface area contributed by atoms with Gasteiger partial charge in [-0.15, -0.1) is 0 Å². The van der Waals surface area contributed by atoms with Crippen molar-refractivity contribution in [3.8, 4) is 0 Å². The number of hydrogen-bond acceptors (Lipinski definition) is 2. The van der Waals surface area contributed by atoms with E-state index in [1.54, 1.807) is 12.1 Å². The van der Waals surface area contributed by atoms with Crippen LogP contribution in [0.15, 0.2) is 48.5 Å². The van der Waals surface area contributed by atoms with E-state index in [2.05, 4.69) is 30.0 Å². The van der Waals surface area contributed by atoms with E-state index in [1.807, 2.05) is 18.2 Å². The Bertz CT molecular complexity index is 651. The molecule has 1 aliphatic heterocycles. The van der Waals surface area contributed by atoms with E-state index in [0.717, 1.165) is 12.0 Å². The summed E-state index contributed by atoms with van der Waals surface area (Å²) < 4.78 is 0. The van der Waals surface area contributed by atoms with Crippen LogP contribution in [0.25, 0.3) is 0 Å². The van der Waals surface area contributed by atoms with Gasteiger partial charge in [0.2, 0.25) is 0 Å². The van der Waals surface area contributed by atoms with Crippen LogP contribution in [0.1, 0.15) is 28.4 Å². The average Bonchev–Trinajstić information content (AvgIpc) is 2.76. The molecule has 102 valence electrons. The highest BCUT2D eigenvalue weighted by atomic mass is 16.4. The molecule has 0 aromatic heterocycles. The third kappa shape index (κ3) is 2.16. The summed E-state index contributed by atoms with van der Waals surface area (Å²) in [6.07, 6.45) is 1.02. The zero-order chi connectivity index (χ0) is 14.1. The number of hydrogen-bond donors (Lipinski definition) is 1. The minimum atomic E-state index is -0.860. The molecule has 0 aliphatic carbocycles. The molecule has 3 heteroatoms. The number of nitrogens with zero attached hydrogens (tertiary/aromatic N) is 1. The summed E-state index contributed by atoms with van der Waals surface area (Å²) in [6, 6.07) is 16.0. The molecular weight excluding hydrogens is 250 g/mol. The number of benzene rings is 2. The first kappa shape index (κ1) is 12.7. The maximum atomic E-state index is 11.3. The Hall–Kier alpha value is -2.29. The van der Waals surface area contributed by atoms with Crippen LogP contribution in [0.2, 0.25) is 0 Å². The quantitative estimate of drug-likeness (QED) is 0.927. The molecule has 0 saturated carbocycles. The highest BCUT2D eigenvalue weighted by Crippen LogP contribution is 2.33. The number of carbonyl (C=O) groups is 1. The number of rotatable bonds is 3. The summed E-state index contributed by atoms with van der Waals surface area (Å²) in [5, 5.41) is 9.28. The van der Waals surface area contributed by atoms with Gasteiger partial charge in [-0.05, 0) is 36.6 Å². The van der Waals surface area contributed by atoms with Crippen molar-refractivity contribution in [3.63, 3.8) is 0 Å². The summed E-state index contributed by atoms with van der Waals surface area (Å²) in [4.78, 5) is 13.6. The van der Waals surface area contributed by atoms with Gasteiger partial charge in [-0.25, -0.2) is 4.79 Å². The minimum absolute atomic E-state index is 0.393. The largest absolute Gasteiger partial charge is 0.478 e. The molecule has 0 radical (unpaired) electrons. The number of carboxylic acids is 1. The molecule has 1 aliphatic rings. The maximum Gasteiger partial charge on any atom is 0.336 e. The van der Waals surface area contributed by atoms with Crippen LogP contribution in [-0.2, 0) is 13.0 Å². The molecule has 3 nitrogen and oxygen atoms in total.